The highest BCUT2D eigenvalue weighted by molar-refractivity contribution is 6.31. The Hall–Kier alpha value is -1.32. The van der Waals surface area contributed by atoms with E-state index in [-0.39, 0.29) is 11.8 Å². The van der Waals surface area contributed by atoms with Crippen LogP contribution in [-0.4, -0.2) is 22.9 Å². The van der Waals surface area contributed by atoms with Gasteiger partial charge in [-0.05, 0) is 25.1 Å². The van der Waals surface area contributed by atoms with Gasteiger partial charge in [0.05, 0.1) is 6.04 Å². The smallest absolute Gasteiger partial charge is 0.181 e. The van der Waals surface area contributed by atoms with Crippen LogP contribution in [0.15, 0.2) is 24.4 Å². The Balaban J connectivity index is 2.48. The molecule has 0 fully saturated rings. The maximum Gasteiger partial charge on any atom is 0.181 e. The van der Waals surface area contributed by atoms with E-state index in [0.717, 1.165) is 29.4 Å². The molecule has 102 valence electrons. The lowest BCUT2D eigenvalue weighted by Crippen LogP contribution is -2.35. The second kappa shape index (κ2) is 5.76. The molecule has 0 saturated heterocycles. The number of benzene rings is 1. The van der Waals surface area contributed by atoms with Gasteiger partial charge in [-0.1, -0.05) is 31.5 Å². The molecule has 0 spiro atoms. The summed E-state index contributed by atoms with van der Waals surface area (Å²) >= 11 is 6.01. The third-order valence-electron chi connectivity index (χ3n) is 3.39. The molecule has 0 bridgehead atoms. The van der Waals surface area contributed by atoms with Gasteiger partial charge in [0.15, 0.2) is 5.78 Å². The predicted molar refractivity (Wildman–Crippen MR) is 80.0 cm³/mol. The molecule has 0 aliphatic heterocycles. The number of aryl methyl sites for hydroxylation is 1. The summed E-state index contributed by atoms with van der Waals surface area (Å²) in [7, 11) is 1.93. The molecule has 1 atom stereocenters. The highest BCUT2D eigenvalue weighted by atomic mass is 35.5. The standard InChI is InChI=1S/C15H19ClN2O/c1-4-13(17-5-2)15(19)12-9-18(3)14-8-10(16)6-7-11(12)14/h6-9,13,17H,4-5H2,1-3H3. The van der Waals surface area contributed by atoms with E-state index in [1.54, 1.807) is 0 Å². The van der Waals surface area contributed by atoms with Crippen molar-refractivity contribution in [1.29, 1.82) is 0 Å². The topological polar surface area (TPSA) is 34.0 Å². The van der Waals surface area contributed by atoms with Gasteiger partial charge in [-0.2, -0.15) is 0 Å². The fraction of sp³-hybridized carbons (Fsp3) is 0.400. The fourth-order valence-corrected chi connectivity index (χ4v) is 2.58. The molecule has 0 aliphatic rings. The van der Waals surface area contributed by atoms with E-state index in [2.05, 4.69) is 5.32 Å². The number of aromatic nitrogens is 1. The van der Waals surface area contributed by atoms with Crippen molar-refractivity contribution in [3.63, 3.8) is 0 Å². The van der Waals surface area contributed by atoms with Crippen LogP contribution in [0.5, 0.6) is 0 Å². The molecular weight excluding hydrogens is 260 g/mol. The van der Waals surface area contributed by atoms with Crippen molar-refractivity contribution < 1.29 is 4.79 Å². The van der Waals surface area contributed by atoms with Crippen molar-refractivity contribution in [2.75, 3.05) is 6.54 Å². The summed E-state index contributed by atoms with van der Waals surface area (Å²) in [6.07, 6.45) is 2.68. The number of ketones is 1. The van der Waals surface area contributed by atoms with E-state index in [0.29, 0.717) is 5.02 Å². The summed E-state index contributed by atoms with van der Waals surface area (Å²) in [5.74, 6) is 0.150. The minimum atomic E-state index is -0.119. The summed E-state index contributed by atoms with van der Waals surface area (Å²) < 4.78 is 1.95. The lowest BCUT2D eigenvalue weighted by atomic mass is 10.0. The summed E-state index contributed by atoms with van der Waals surface area (Å²) in [6, 6.07) is 5.52. The van der Waals surface area contributed by atoms with Gasteiger partial charge in [0.2, 0.25) is 0 Å². The molecule has 2 rings (SSSR count). The van der Waals surface area contributed by atoms with Crippen LogP contribution < -0.4 is 5.32 Å². The van der Waals surface area contributed by atoms with Crippen molar-refractivity contribution in [3.05, 3.63) is 35.0 Å². The first-order valence-corrected chi connectivity index (χ1v) is 6.98. The second-order valence-corrected chi connectivity index (χ2v) is 5.13. The number of rotatable bonds is 5. The molecule has 3 nitrogen and oxygen atoms in total. The second-order valence-electron chi connectivity index (χ2n) is 4.70. The molecule has 1 aromatic heterocycles. The molecular formula is C15H19ClN2O. The zero-order chi connectivity index (χ0) is 14.0. The van der Waals surface area contributed by atoms with Crippen LogP contribution in [0.1, 0.15) is 30.6 Å². The molecule has 0 aliphatic carbocycles. The van der Waals surface area contributed by atoms with Crippen molar-refractivity contribution in [2.24, 2.45) is 7.05 Å². The summed E-state index contributed by atoms with van der Waals surface area (Å²) in [4.78, 5) is 12.6. The molecule has 1 unspecified atom stereocenters. The van der Waals surface area contributed by atoms with Crippen LogP contribution in [-0.2, 0) is 7.05 Å². The highest BCUT2D eigenvalue weighted by Crippen LogP contribution is 2.25. The largest absolute Gasteiger partial charge is 0.350 e. The van der Waals surface area contributed by atoms with Crippen molar-refractivity contribution in [3.8, 4) is 0 Å². The molecule has 4 heteroatoms. The summed E-state index contributed by atoms with van der Waals surface area (Å²) in [5, 5.41) is 4.88. The lowest BCUT2D eigenvalue weighted by Gasteiger charge is -2.13. The Morgan fingerprint density at radius 2 is 2.16 bits per heavy atom. The molecule has 0 radical (unpaired) electrons. The average molecular weight is 279 g/mol. The highest BCUT2D eigenvalue weighted by Gasteiger charge is 2.21. The molecule has 2 aromatic rings. The number of nitrogens with one attached hydrogen (secondary N) is 1. The number of carbonyl (C=O) groups excluding carboxylic acids is 1. The molecule has 19 heavy (non-hydrogen) atoms. The van der Waals surface area contributed by atoms with Gasteiger partial charge >= 0.3 is 0 Å². The third-order valence-corrected chi connectivity index (χ3v) is 3.63. The van der Waals surface area contributed by atoms with Crippen LogP contribution in [0.3, 0.4) is 0 Å². The number of carbonyl (C=O) groups is 1. The third kappa shape index (κ3) is 2.67. The summed E-state index contributed by atoms with van der Waals surface area (Å²) in [5.41, 5.74) is 1.75. The summed E-state index contributed by atoms with van der Waals surface area (Å²) in [6.45, 7) is 4.83. The first-order valence-electron chi connectivity index (χ1n) is 6.60. The minimum absolute atomic E-state index is 0.119. The first-order chi connectivity index (χ1) is 9.08. The number of hydrogen-bond acceptors (Lipinski definition) is 2. The van der Waals surface area contributed by atoms with Crippen LogP contribution in [0.2, 0.25) is 5.02 Å². The molecule has 1 aromatic carbocycles. The monoisotopic (exact) mass is 278 g/mol. The van der Waals surface area contributed by atoms with E-state index in [9.17, 15) is 4.79 Å². The Morgan fingerprint density at radius 3 is 2.79 bits per heavy atom. The number of nitrogens with zero attached hydrogens (tertiary/aromatic N) is 1. The van der Waals surface area contributed by atoms with E-state index >= 15 is 0 Å². The zero-order valence-corrected chi connectivity index (χ0v) is 12.3. The minimum Gasteiger partial charge on any atom is -0.350 e. The average Bonchev–Trinajstić information content (AvgIpc) is 2.72. The Bertz CT molecular complexity index is 603. The molecule has 0 saturated carbocycles. The zero-order valence-electron chi connectivity index (χ0n) is 11.5. The molecule has 0 amide bonds. The van der Waals surface area contributed by atoms with Crippen molar-refractivity contribution in [2.45, 2.75) is 26.3 Å². The predicted octanol–water partition coefficient (Wildman–Crippen LogP) is 3.40. The van der Waals surface area contributed by atoms with Crippen molar-refractivity contribution >= 4 is 28.3 Å². The van der Waals surface area contributed by atoms with Crippen molar-refractivity contribution in [1.82, 2.24) is 9.88 Å². The molecule has 1 N–H and O–H groups in total. The normalized spacial score (nSPS) is 12.8. The quantitative estimate of drug-likeness (QED) is 0.851. The van der Waals surface area contributed by atoms with Gasteiger partial charge in [0, 0.05) is 34.7 Å². The van der Waals surface area contributed by atoms with Gasteiger partial charge in [-0.15, -0.1) is 0 Å². The molecule has 1 heterocycles. The van der Waals surface area contributed by atoms with Gasteiger partial charge in [-0.3, -0.25) is 4.79 Å². The fourth-order valence-electron chi connectivity index (χ4n) is 2.41. The number of hydrogen-bond donors (Lipinski definition) is 1. The lowest BCUT2D eigenvalue weighted by molar-refractivity contribution is 0.0943. The maximum absolute atomic E-state index is 12.6. The van der Waals surface area contributed by atoms with Crippen LogP contribution >= 0.6 is 11.6 Å². The van der Waals surface area contributed by atoms with Gasteiger partial charge in [-0.25, -0.2) is 0 Å². The first kappa shape index (κ1) is 14.1. The van der Waals surface area contributed by atoms with E-state index in [1.165, 1.54) is 0 Å². The van der Waals surface area contributed by atoms with Gasteiger partial charge < -0.3 is 9.88 Å². The van der Waals surface area contributed by atoms with Crippen LogP contribution in [0, 0.1) is 0 Å². The van der Waals surface area contributed by atoms with E-state index in [1.807, 2.05) is 49.9 Å². The van der Waals surface area contributed by atoms with Gasteiger partial charge in [0.25, 0.3) is 0 Å². The Morgan fingerprint density at radius 1 is 1.42 bits per heavy atom. The number of halogens is 1. The number of likely N-dealkylation sites (N-methyl/N-ethyl adjacent to an activating group) is 1. The van der Waals surface area contributed by atoms with Crippen LogP contribution in [0.25, 0.3) is 10.9 Å². The van der Waals surface area contributed by atoms with Crippen LogP contribution in [0.4, 0.5) is 0 Å². The number of fused-ring (bicyclic) bond motifs is 1. The Labute approximate surface area is 118 Å². The van der Waals surface area contributed by atoms with E-state index in [4.69, 9.17) is 11.6 Å². The number of Topliss-reactive ketones (excluding diaryl/α,β-unsaturated/α-hetero) is 1. The Kier molecular flexibility index (Phi) is 4.27. The maximum atomic E-state index is 12.6. The van der Waals surface area contributed by atoms with E-state index < -0.39 is 0 Å². The van der Waals surface area contributed by atoms with Gasteiger partial charge in [0.1, 0.15) is 0 Å². The SMILES string of the molecule is CCNC(CC)C(=O)c1cn(C)c2cc(Cl)ccc12.